The zero-order valence-electron chi connectivity index (χ0n) is 8.02. The molecular formula is C9H12N2O3. The summed E-state index contributed by atoms with van der Waals surface area (Å²) in [6, 6.07) is 1.23. The summed E-state index contributed by atoms with van der Waals surface area (Å²) in [7, 11) is 1.38. The van der Waals surface area contributed by atoms with Crippen LogP contribution in [0.2, 0.25) is 0 Å². The minimum absolute atomic E-state index is 0.0299. The summed E-state index contributed by atoms with van der Waals surface area (Å²) in [5, 5.41) is 8.84. The molecule has 0 bridgehead atoms. The fourth-order valence-corrected chi connectivity index (χ4v) is 1.03. The molecule has 0 spiro atoms. The molecule has 5 heteroatoms. The summed E-state index contributed by atoms with van der Waals surface area (Å²) in [6.45, 7) is 1.76. The Labute approximate surface area is 81.5 Å². The Balaban J connectivity index is 3.21. The fraction of sp³-hybridized carbons (Fsp3) is 0.333. The lowest BCUT2D eigenvalue weighted by molar-refractivity contribution is 0.0692. The summed E-state index contributed by atoms with van der Waals surface area (Å²) in [4.78, 5) is 14.7. The highest BCUT2D eigenvalue weighted by Gasteiger charge is 2.14. The van der Waals surface area contributed by atoms with Crippen molar-refractivity contribution in [3.63, 3.8) is 0 Å². The number of ether oxygens (including phenoxy) is 1. The molecule has 1 rings (SSSR count). The number of methoxy groups -OCH3 is 1. The maximum absolute atomic E-state index is 10.8. The molecule has 0 amide bonds. The lowest BCUT2D eigenvalue weighted by Crippen LogP contribution is -2.09. The maximum atomic E-state index is 10.8. The highest BCUT2D eigenvalue weighted by molar-refractivity contribution is 5.90. The molecule has 3 N–H and O–H groups in total. The Morgan fingerprint density at radius 3 is 2.79 bits per heavy atom. The lowest BCUT2D eigenvalue weighted by atomic mass is 10.1. The first-order valence-corrected chi connectivity index (χ1v) is 4.09. The minimum atomic E-state index is -1.07. The molecule has 1 aromatic heterocycles. The van der Waals surface area contributed by atoms with Crippen LogP contribution in [0.15, 0.2) is 12.3 Å². The molecule has 0 radical (unpaired) electrons. The van der Waals surface area contributed by atoms with E-state index in [0.29, 0.717) is 5.56 Å². The van der Waals surface area contributed by atoms with Crippen LogP contribution in [0.4, 0.5) is 0 Å². The Morgan fingerprint density at radius 2 is 2.36 bits per heavy atom. The first-order valence-electron chi connectivity index (χ1n) is 4.09. The van der Waals surface area contributed by atoms with Crippen molar-refractivity contribution in [1.29, 1.82) is 0 Å². The number of nitrogens with zero attached hydrogens (tertiary/aromatic N) is 1. The second kappa shape index (κ2) is 4.06. The highest BCUT2D eigenvalue weighted by Crippen LogP contribution is 2.18. The van der Waals surface area contributed by atoms with Gasteiger partial charge in [0, 0.05) is 12.2 Å². The van der Waals surface area contributed by atoms with E-state index in [1.807, 2.05) is 0 Å². The maximum Gasteiger partial charge on any atom is 0.341 e. The predicted molar refractivity (Wildman–Crippen MR) is 50.4 cm³/mol. The van der Waals surface area contributed by atoms with Gasteiger partial charge in [-0.25, -0.2) is 9.78 Å². The van der Waals surface area contributed by atoms with E-state index in [-0.39, 0.29) is 17.5 Å². The molecule has 0 aliphatic heterocycles. The standard InChI is InChI=1S/C9H12N2O3/c1-5(10)6-3-7(9(12)13)8(14-2)11-4-6/h3-5H,10H2,1-2H3,(H,12,13)/t5-/m0/s1. The molecule has 0 unspecified atom stereocenters. The molecule has 1 heterocycles. The lowest BCUT2D eigenvalue weighted by Gasteiger charge is -2.08. The van der Waals surface area contributed by atoms with E-state index in [1.165, 1.54) is 19.4 Å². The number of pyridine rings is 1. The second-order valence-corrected chi connectivity index (χ2v) is 2.92. The molecule has 0 aromatic carbocycles. The van der Waals surface area contributed by atoms with Crippen molar-refractivity contribution in [2.75, 3.05) is 7.11 Å². The van der Waals surface area contributed by atoms with Crippen molar-refractivity contribution in [3.8, 4) is 5.88 Å². The van der Waals surface area contributed by atoms with Crippen LogP contribution in [-0.2, 0) is 0 Å². The average Bonchev–Trinajstić information content (AvgIpc) is 2.16. The van der Waals surface area contributed by atoms with Crippen LogP contribution in [0.25, 0.3) is 0 Å². The third kappa shape index (κ3) is 2.00. The Morgan fingerprint density at radius 1 is 1.71 bits per heavy atom. The molecule has 0 saturated carbocycles. The largest absolute Gasteiger partial charge is 0.480 e. The smallest absolute Gasteiger partial charge is 0.341 e. The van der Waals surface area contributed by atoms with Crippen molar-refractivity contribution in [3.05, 3.63) is 23.4 Å². The third-order valence-corrected chi connectivity index (χ3v) is 1.82. The van der Waals surface area contributed by atoms with Gasteiger partial charge in [-0.15, -0.1) is 0 Å². The van der Waals surface area contributed by atoms with Crippen LogP contribution in [0.3, 0.4) is 0 Å². The number of carbonyl (C=O) groups is 1. The first-order chi connectivity index (χ1) is 6.56. The Kier molecular flexibility index (Phi) is 3.03. The summed E-state index contributed by atoms with van der Waals surface area (Å²) in [5.74, 6) is -0.973. The Bertz CT molecular complexity index is 350. The van der Waals surface area contributed by atoms with E-state index < -0.39 is 5.97 Å². The third-order valence-electron chi connectivity index (χ3n) is 1.82. The van der Waals surface area contributed by atoms with Crippen molar-refractivity contribution < 1.29 is 14.6 Å². The molecular weight excluding hydrogens is 184 g/mol. The van der Waals surface area contributed by atoms with E-state index in [0.717, 1.165) is 0 Å². The van der Waals surface area contributed by atoms with E-state index in [2.05, 4.69) is 4.98 Å². The zero-order chi connectivity index (χ0) is 10.7. The van der Waals surface area contributed by atoms with Gasteiger partial charge in [0.15, 0.2) is 0 Å². The average molecular weight is 196 g/mol. The number of hydrogen-bond donors (Lipinski definition) is 2. The summed E-state index contributed by atoms with van der Waals surface area (Å²) < 4.78 is 4.81. The van der Waals surface area contributed by atoms with Crippen molar-refractivity contribution in [2.45, 2.75) is 13.0 Å². The van der Waals surface area contributed by atoms with Gasteiger partial charge < -0.3 is 15.6 Å². The molecule has 5 nitrogen and oxygen atoms in total. The number of hydrogen-bond acceptors (Lipinski definition) is 4. The Hall–Kier alpha value is -1.62. The number of aromatic nitrogens is 1. The topological polar surface area (TPSA) is 85.4 Å². The first kappa shape index (κ1) is 10.5. The SMILES string of the molecule is COc1ncc([C@H](C)N)cc1C(=O)O. The number of aromatic carboxylic acids is 1. The van der Waals surface area contributed by atoms with Gasteiger partial charge in [0.2, 0.25) is 5.88 Å². The van der Waals surface area contributed by atoms with E-state index in [4.69, 9.17) is 15.6 Å². The van der Waals surface area contributed by atoms with Gasteiger partial charge in [0.25, 0.3) is 0 Å². The monoisotopic (exact) mass is 196 g/mol. The van der Waals surface area contributed by atoms with Gasteiger partial charge in [-0.1, -0.05) is 0 Å². The normalized spacial score (nSPS) is 12.2. The molecule has 76 valence electrons. The fourth-order valence-electron chi connectivity index (χ4n) is 1.03. The molecule has 1 aromatic rings. The number of carboxylic acid groups (broad SMARTS) is 1. The van der Waals surface area contributed by atoms with Gasteiger partial charge >= 0.3 is 5.97 Å². The number of carboxylic acids is 1. The second-order valence-electron chi connectivity index (χ2n) is 2.92. The zero-order valence-corrected chi connectivity index (χ0v) is 8.02. The summed E-state index contributed by atoms with van der Waals surface area (Å²) >= 11 is 0. The predicted octanol–water partition coefficient (Wildman–Crippen LogP) is 0.808. The summed E-state index contributed by atoms with van der Waals surface area (Å²) in [5.41, 5.74) is 6.30. The number of nitrogens with two attached hydrogens (primary N) is 1. The van der Waals surface area contributed by atoms with Crippen LogP contribution in [0.5, 0.6) is 5.88 Å². The minimum Gasteiger partial charge on any atom is -0.480 e. The van der Waals surface area contributed by atoms with Gasteiger partial charge in [0.05, 0.1) is 7.11 Å². The van der Waals surface area contributed by atoms with E-state index in [1.54, 1.807) is 6.92 Å². The van der Waals surface area contributed by atoms with E-state index >= 15 is 0 Å². The molecule has 0 fully saturated rings. The quantitative estimate of drug-likeness (QED) is 0.747. The van der Waals surface area contributed by atoms with Crippen LogP contribution in [-0.4, -0.2) is 23.2 Å². The molecule has 0 saturated heterocycles. The van der Waals surface area contributed by atoms with Crippen LogP contribution < -0.4 is 10.5 Å². The van der Waals surface area contributed by atoms with Crippen molar-refractivity contribution in [1.82, 2.24) is 4.98 Å². The van der Waals surface area contributed by atoms with Crippen molar-refractivity contribution >= 4 is 5.97 Å². The van der Waals surface area contributed by atoms with Gasteiger partial charge in [-0.05, 0) is 18.6 Å². The van der Waals surface area contributed by atoms with Gasteiger partial charge in [-0.2, -0.15) is 0 Å². The number of rotatable bonds is 3. The van der Waals surface area contributed by atoms with Crippen LogP contribution >= 0.6 is 0 Å². The summed E-state index contributed by atoms with van der Waals surface area (Å²) in [6.07, 6.45) is 1.51. The highest BCUT2D eigenvalue weighted by atomic mass is 16.5. The van der Waals surface area contributed by atoms with Crippen LogP contribution in [0, 0.1) is 0 Å². The molecule has 1 atom stereocenters. The van der Waals surface area contributed by atoms with E-state index in [9.17, 15) is 4.79 Å². The van der Waals surface area contributed by atoms with Gasteiger partial charge in [0.1, 0.15) is 5.56 Å². The molecule has 0 aliphatic carbocycles. The van der Waals surface area contributed by atoms with Crippen molar-refractivity contribution in [2.24, 2.45) is 5.73 Å². The van der Waals surface area contributed by atoms with Crippen LogP contribution in [0.1, 0.15) is 28.9 Å². The molecule has 14 heavy (non-hydrogen) atoms. The molecule has 0 aliphatic rings. The van der Waals surface area contributed by atoms with Gasteiger partial charge in [-0.3, -0.25) is 0 Å².